The Kier molecular flexibility index (Phi) is 12.0. The van der Waals surface area contributed by atoms with Crippen molar-refractivity contribution in [2.24, 2.45) is 5.92 Å². The fourth-order valence-corrected chi connectivity index (χ4v) is 2.80. The Balaban J connectivity index is 6.88. The zero-order valence-electron chi connectivity index (χ0n) is 24.1. The number of hydrogen-bond donors (Lipinski definition) is 0. The van der Waals surface area contributed by atoms with Gasteiger partial charge in [0.05, 0.1) is 6.61 Å². The molecule has 0 fully saturated rings. The number of halogens is 1. The van der Waals surface area contributed by atoms with E-state index in [1.807, 2.05) is 0 Å². The van der Waals surface area contributed by atoms with Crippen molar-refractivity contribution in [3.8, 4) is 0 Å². The van der Waals surface area contributed by atoms with Crippen molar-refractivity contribution in [2.75, 3.05) is 6.61 Å². The number of nitrogens with zero attached hydrogens (tertiary/aromatic N) is 2. The van der Waals surface area contributed by atoms with Crippen LogP contribution < -0.4 is 0 Å². The van der Waals surface area contributed by atoms with Gasteiger partial charge in [0.2, 0.25) is 0 Å². The Morgan fingerprint density at radius 3 is 1.35 bits per heavy atom. The van der Waals surface area contributed by atoms with Gasteiger partial charge in [-0.05, 0) is 81.6 Å². The second-order valence-electron chi connectivity index (χ2n) is 11.8. The summed E-state index contributed by atoms with van der Waals surface area (Å²) in [5.41, 5.74) is -3.34. The van der Waals surface area contributed by atoms with Gasteiger partial charge in [0.15, 0.2) is 0 Å². The molecule has 0 saturated heterocycles. The van der Waals surface area contributed by atoms with E-state index in [4.69, 9.17) is 14.2 Å². The lowest BCUT2D eigenvalue weighted by Crippen LogP contribution is -2.59. The molecule has 0 rings (SSSR count). The molecule has 0 radical (unpaired) electrons. The Hall–Kier alpha value is -2.92. The third kappa shape index (κ3) is 12.2. The molecule has 37 heavy (non-hydrogen) atoms. The zero-order valence-corrected chi connectivity index (χ0v) is 24.1. The minimum atomic E-state index is -2.91. The molecule has 0 N–H and O–H groups in total. The molecule has 0 aromatic rings. The Bertz CT molecular complexity index is 811. The first-order valence-electron chi connectivity index (χ1n) is 12.1. The van der Waals surface area contributed by atoms with Crippen molar-refractivity contribution in [3.63, 3.8) is 0 Å². The fourth-order valence-electron chi connectivity index (χ4n) is 2.80. The van der Waals surface area contributed by atoms with E-state index in [2.05, 4.69) is 4.74 Å². The molecule has 0 saturated carbocycles. The zero-order chi connectivity index (χ0) is 29.5. The minimum absolute atomic E-state index is 0.0853. The summed E-state index contributed by atoms with van der Waals surface area (Å²) in [6, 6.07) is -1.79. The van der Waals surface area contributed by atoms with Crippen LogP contribution >= 0.6 is 0 Å². The normalized spacial score (nSPS) is 13.8. The van der Waals surface area contributed by atoms with Gasteiger partial charge in [-0.3, -0.25) is 4.79 Å². The lowest BCUT2D eigenvalue weighted by Gasteiger charge is -2.36. The molecule has 2 atom stereocenters. The highest BCUT2D eigenvalue weighted by molar-refractivity contribution is 6.02. The van der Waals surface area contributed by atoms with Crippen molar-refractivity contribution >= 4 is 30.2 Å². The van der Waals surface area contributed by atoms with Gasteiger partial charge in [-0.1, -0.05) is 13.8 Å². The van der Waals surface area contributed by atoms with Crippen LogP contribution in [0.1, 0.15) is 89.5 Å². The summed E-state index contributed by atoms with van der Waals surface area (Å²) in [5.74, 6) is -3.26. The van der Waals surface area contributed by atoms with Crippen LogP contribution in [0.5, 0.6) is 0 Å². The molecule has 0 aliphatic heterocycles. The van der Waals surface area contributed by atoms with E-state index in [0.29, 0.717) is 4.90 Å². The lowest BCUT2D eigenvalue weighted by atomic mass is 10.0. The molecule has 0 aromatic heterocycles. The van der Waals surface area contributed by atoms with Gasteiger partial charge >= 0.3 is 24.2 Å². The molecule has 0 aliphatic carbocycles. The third-order valence-electron chi connectivity index (χ3n) is 4.01. The van der Waals surface area contributed by atoms with Gasteiger partial charge in [-0.2, -0.15) is 4.90 Å². The number of rotatable bonds is 7. The Labute approximate surface area is 218 Å². The SMILES string of the molecule is CCOC(=O)[C@H](F)N(C(=O)OC(C)(C)C)C(=O)[C@H](CC(C)C)N(C(=O)OC(C)(C)C)C(=O)OC(C)(C)C. The van der Waals surface area contributed by atoms with Crippen molar-refractivity contribution in [1.29, 1.82) is 0 Å². The van der Waals surface area contributed by atoms with Gasteiger partial charge < -0.3 is 18.9 Å². The summed E-state index contributed by atoms with van der Waals surface area (Å²) in [6.45, 7) is 18.2. The molecule has 12 heteroatoms. The van der Waals surface area contributed by atoms with E-state index in [1.165, 1.54) is 27.7 Å². The minimum Gasteiger partial charge on any atom is -0.462 e. The van der Waals surface area contributed by atoms with Gasteiger partial charge in [0.25, 0.3) is 12.2 Å². The maximum atomic E-state index is 15.3. The number of esters is 1. The number of hydrogen-bond acceptors (Lipinski definition) is 9. The van der Waals surface area contributed by atoms with Crippen LogP contribution in [0.2, 0.25) is 0 Å². The maximum Gasteiger partial charge on any atom is 0.420 e. The van der Waals surface area contributed by atoms with Crippen LogP contribution in [0, 0.1) is 5.92 Å². The van der Waals surface area contributed by atoms with Crippen molar-refractivity contribution in [2.45, 2.75) is 119 Å². The maximum absolute atomic E-state index is 15.3. The summed E-state index contributed by atoms with van der Waals surface area (Å²) in [5, 5.41) is 0. The third-order valence-corrected chi connectivity index (χ3v) is 4.01. The van der Waals surface area contributed by atoms with Crippen molar-refractivity contribution in [3.05, 3.63) is 0 Å². The summed E-state index contributed by atoms with van der Waals surface area (Å²) >= 11 is 0. The summed E-state index contributed by atoms with van der Waals surface area (Å²) in [6.07, 6.45) is -7.13. The highest BCUT2D eigenvalue weighted by atomic mass is 19.1. The smallest absolute Gasteiger partial charge is 0.420 e. The van der Waals surface area contributed by atoms with Crippen LogP contribution in [-0.2, 0) is 28.5 Å². The average Bonchev–Trinajstić information content (AvgIpc) is 2.62. The van der Waals surface area contributed by atoms with Crippen LogP contribution in [0.15, 0.2) is 0 Å². The lowest BCUT2D eigenvalue weighted by molar-refractivity contribution is -0.163. The second-order valence-corrected chi connectivity index (χ2v) is 11.8. The Morgan fingerprint density at radius 1 is 0.703 bits per heavy atom. The standard InChI is InChI=1S/C25H43FN2O9/c1-13-34-19(30)17(26)28(22(33)37-25(10,11)12)18(29)16(14-15(2)3)27(20(31)35-23(4,5)6)21(32)36-24(7,8)9/h15-17H,13-14H2,1-12H3/t16-,17+/m0/s1. The number of imide groups is 2. The summed E-state index contributed by atoms with van der Waals surface area (Å²) in [7, 11) is 0. The Morgan fingerprint density at radius 2 is 1.05 bits per heavy atom. The number of carbonyl (C=O) groups is 5. The van der Waals surface area contributed by atoms with Crippen molar-refractivity contribution in [1.82, 2.24) is 9.80 Å². The molecule has 0 spiro atoms. The highest BCUT2D eigenvalue weighted by Crippen LogP contribution is 2.24. The summed E-state index contributed by atoms with van der Waals surface area (Å²) < 4.78 is 35.8. The van der Waals surface area contributed by atoms with Gasteiger partial charge in [0.1, 0.15) is 22.8 Å². The molecular formula is C25H43FN2O9. The molecule has 214 valence electrons. The van der Waals surface area contributed by atoms with E-state index in [9.17, 15) is 24.0 Å². The molecule has 0 bridgehead atoms. The molecule has 0 heterocycles. The fraction of sp³-hybridized carbons (Fsp3) is 0.800. The number of amides is 4. The predicted octanol–water partition coefficient (Wildman–Crippen LogP) is 5.20. The van der Waals surface area contributed by atoms with E-state index in [0.717, 1.165) is 0 Å². The van der Waals surface area contributed by atoms with E-state index < -0.39 is 59.3 Å². The van der Waals surface area contributed by atoms with Crippen LogP contribution in [-0.4, -0.2) is 75.7 Å². The number of carbonyl (C=O) groups excluding carboxylic acids is 5. The molecular weight excluding hydrogens is 491 g/mol. The predicted molar refractivity (Wildman–Crippen MR) is 132 cm³/mol. The van der Waals surface area contributed by atoms with E-state index in [1.54, 1.807) is 55.4 Å². The first-order valence-corrected chi connectivity index (χ1v) is 12.1. The molecule has 0 aromatic carbocycles. The van der Waals surface area contributed by atoms with Crippen LogP contribution in [0.25, 0.3) is 0 Å². The number of alkyl halides is 1. The molecule has 0 aliphatic rings. The van der Waals surface area contributed by atoms with E-state index in [-0.39, 0.29) is 23.8 Å². The molecule has 11 nitrogen and oxygen atoms in total. The van der Waals surface area contributed by atoms with E-state index >= 15 is 4.39 Å². The quantitative estimate of drug-likeness (QED) is 0.246. The monoisotopic (exact) mass is 534 g/mol. The van der Waals surface area contributed by atoms with Crippen molar-refractivity contribution < 1.29 is 47.3 Å². The second kappa shape index (κ2) is 13.0. The first kappa shape index (κ1) is 34.1. The molecule has 0 unspecified atom stereocenters. The largest absolute Gasteiger partial charge is 0.462 e. The number of ether oxygens (including phenoxy) is 4. The average molecular weight is 535 g/mol. The van der Waals surface area contributed by atoms with Gasteiger partial charge in [0, 0.05) is 0 Å². The highest BCUT2D eigenvalue weighted by Gasteiger charge is 2.48. The topological polar surface area (TPSA) is 129 Å². The van der Waals surface area contributed by atoms with Gasteiger partial charge in [-0.15, -0.1) is 0 Å². The molecule has 4 amide bonds. The van der Waals surface area contributed by atoms with Crippen LogP contribution in [0.3, 0.4) is 0 Å². The van der Waals surface area contributed by atoms with Gasteiger partial charge in [-0.25, -0.2) is 28.5 Å². The van der Waals surface area contributed by atoms with Crippen LogP contribution in [0.4, 0.5) is 18.8 Å². The summed E-state index contributed by atoms with van der Waals surface area (Å²) in [4.78, 5) is 65.6. The first-order chi connectivity index (χ1) is 16.5.